The van der Waals surface area contributed by atoms with Crippen LogP contribution in [0.25, 0.3) is 5.57 Å². The molecule has 0 aromatic heterocycles. The average molecular weight is 316 g/mol. The maximum atomic E-state index is 9.32. The van der Waals surface area contributed by atoms with Gasteiger partial charge in [-0.05, 0) is 54.8 Å². The molecular weight excluding hydrogens is 296 g/mol. The molecule has 2 aliphatic heterocycles. The number of fused-ring (bicyclic) bond motifs is 2. The fraction of sp³-hybridized carbons (Fsp3) is 0.286. The third kappa shape index (κ3) is 2.60. The van der Waals surface area contributed by atoms with Crippen molar-refractivity contribution in [2.75, 3.05) is 20.1 Å². The van der Waals surface area contributed by atoms with Gasteiger partial charge in [0.25, 0.3) is 0 Å². The van der Waals surface area contributed by atoms with Crippen molar-refractivity contribution < 1.29 is 4.74 Å². The van der Waals surface area contributed by atoms with Crippen molar-refractivity contribution in [1.29, 1.82) is 5.26 Å². The van der Waals surface area contributed by atoms with Crippen LogP contribution in [0.15, 0.2) is 48.0 Å². The molecule has 0 unspecified atom stereocenters. The van der Waals surface area contributed by atoms with Crippen LogP contribution in [0, 0.1) is 11.3 Å². The van der Waals surface area contributed by atoms with Crippen molar-refractivity contribution in [3.05, 3.63) is 70.3 Å². The minimum absolute atomic E-state index is 0.575. The molecule has 0 aliphatic carbocycles. The van der Waals surface area contributed by atoms with Gasteiger partial charge in [0.05, 0.1) is 11.6 Å². The first-order valence-electron chi connectivity index (χ1n) is 8.42. The molecule has 3 heteroatoms. The Morgan fingerprint density at radius 2 is 1.83 bits per heavy atom. The predicted molar refractivity (Wildman–Crippen MR) is 94.7 cm³/mol. The Hall–Kier alpha value is -2.57. The molecule has 3 nitrogen and oxygen atoms in total. The van der Waals surface area contributed by atoms with Crippen molar-refractivity contribution in [2.45, 2.75) is 19.4 Å². The molecule has 0 amide bonds. The third-order valence-corrected chi connectivity index (χ3v) is 4.99. The van der Waals surface area contributed by atoms with E-state index in [4.69, 9.17) is 4.74 Å². The molecule has 0 bridgehead atoms. The zero-order valence-electron chi connectivity index (χ0n) is 13.9. The highest BCUT2D eigenvalue weighted by atomic mass is 16.5. The molecule has 2 heterocycles. The summed E-state index contributed by atoms with van der Waals surface area (Å²) in [5.74, 6) is 0.881. The van der Waals surface area contributed by atoms with Crippen molar-refractivity contribution in [3.63, 3.8) is 0 Å². The Bertz CT molecular complexity index is 850. The first-order valence-corrected chi connectivity index (χ1v) is 8.42. The van der Waals surface area contributed by atoms with E-state index in [2.05, 4.69) is 42.3 Å². The highest BCUT2D eigenvalue weighted by Gasteiger charge is 2.24. The fourth-order valence-electron chi connectivity index (χ4n) is 3.63. The molecule has 4 rings (SSSR count). The smallest absolute Gasteiger partial charge is 0.127 e. The SMILES string of the molecule is CN1CCC(=C2c3ccccc3COc3ccc(C#N)cc32)CC1. The van der Waals surface area contributed by atoms with Gasteiger partial charge in [0.2, 0.25) is 0 Å². The Morgan fingerprint density at radius 1 is 1.04 bits per heavy atom. The highest BCUT2D eigenvalue weighted by molar-refractivity contribution is 5.87. The number of nitriles is 1. The van der Waals surface area contributed by atoms with Crippen molar-refractivity contribution >= 4 is 5.57 Å². The second-order valence-electron chi connectivity index (χ2n) is 6.55. The van der Waals surface area contributed by atoms with Crippen LogP contribution in [-0.4, -0.2) is 25.0 Å². The topological polar surface area (TPSA) is 36.3 Å². The minimum atomic E-state index is 0.575. The van der Waals surface area contributed by atoms with Gasteiger partial charge in [-0.25, -0.2) is 0 Å². The molecule has 2 aliphatic rings. The van der Waals surface area contributed by atoms with Crippen molar-refractivity contribution in [3.8, 4) is 11.8 Å². The molecule has 0 spiro atoms. The van der Waals surface area contributed by atoms with E-state index in [1.165, 1.54) is 22.3 Å². The fourth-order valence-corrected chi connectivity index (χ4v) is 3.63. The summed E-state index contributed by atoms with van der Waals surface area (Å²) >= 11 is 0. The summed E-state index contributed by atoms with van der Waals surface area (Å²) in [6.07, 6.45) is 2.13. The van der Waals surface area contributed by atoms with E-state index < -0.39 is 0 Å². The third-order valence-electron chi connectivity index (χ3n) is 4.99. The number of nitrogens with zero attached hydrogens (tertiary/aromatic N) is 2. The normalized spacial score (nSPS) is 17.3. The summed E-state index contributed by atoms with van der Waals surface area (Å²) in [6.45, 7) is 2.73. The Morgan fingerprint density at radius 3 is 2.62 bits per heavy atom. The van der Waals surface area contributed by atoms with Crippen LogP contribution in [0.3, 0.4) is 0 Å². The number of piperidine rings is 1. The van der Waals surface area contributed by atoms with Gasteiger partial charge >= 0.3 is 0 Å². The highest BCUT2D eigenvalue weighted by Crippen LogP contribution is 2.41. The Labute approximate surface area is 142 Å². The molecule has 24 heavy (non-hydrogen) atoms. The lowest BCUT2D eigenvalue weighted by atomic mass is 9.86. The first-order chi connectivity index (χ1) is 11.8. The van der Waals surface area contributed by atoms with Gasteiger partial charge in [-0.3, -0.25) is 0 Å². The molecule has 1 fully saturated rings. The second kappa shape index (κ2) is 6.14. The summed E-state index contributed by atoms with van der Waals surface area (Å²) in [5, 5.41) is 9.32. The summed E-state index contributed by atoms with van der Waals surface area (Å²) in [6, 6.07) is 16.5. The summed E-state index contributed by atoms with van der Waals surface area (Å²) in [4.78, 5) is 2.37. The van der Waals surface area contributed by atoms with Crippen LogP contribution >= 0.6 is 0 Å². The van der Waals surface area contributed by atoms with Crippen LogP contribution in [0.5, 0.6) is 5.75 Å². The Balaban J connectivity index is 1.96. The zero-order chi connectivity index (χ0) is 16.5. The lowest BCUT2D eigenvalue weighted by Gasteiger charge is -2.27. The van der Waals surface area contributed by atoms with E-state index in [9.17, 15) is 5.26 Å². The number of hydrogen-bond acceptors (Lipinski definition) is 3. The van der Waals surface area contributed by atoms with Crippen LogP contribution in [0.4, 0.5) is 0 Å². The number of ether oxygens (including phenoxy) is 1. The van der Waals surface area contributed by atoms with E-state index in [1.807, 2.05) is 18.2 Å². The molecule has 0 N–H and O–H groups in total. The lowest BCUT2D eigenvalue weighted by molar-refractivity contribution is 0.307. The molecular formula is C21H20N2O. The maximum absolute atomic E-state index is 9.32. The van der Waals surface area contributed by atoms with E-state index in [0.29, 0.717) is 12.2 Å². The van der Waals surface area contributed by atoms with Crippen LogP contribution in [0.1, 0.15) is 35.1 Å². The van der Waals surface area contributed by atoms with E-state index in [0.717, 1.165) is 37.2 Å². The largest absolute Gasteiger partial charge is 0.488 e. The molecule has 1 saturated heterocycles. The van der Waals surface area contributed by atoms with Gasteiger partial charge in [0.1, 0.15) is 12.4 Å². The summed E-state index contributed by atoms with van der Waals surface area (Å²) < 4.78 is 6.06. The van der Waals surface area contributed by atoms with E-state index in [1.54, 1.807) is 0 Å². The monoisotopic (exact) mass is 316 g/mol. The number of rotatable bonds is 0. The van der Waals surface area contributed by atoms with Crippen molar-refractivity contribution in [1.82, 2.24) is 4.90 Å². The van der Waals surface area contributed by atoms with Crippen LogP contribution < -0.4 is 4.74 Å². The zero-order valence-corrected chi connectivity index (χ0v) is 13.9. The first kappa shape index (κ1) is 15.0. The van der Waals surface area contributed by atoms with E-state index >= 15 is 0 Å². The number of benzene rings is 2. The predicted octanol–water partition coefficient (Wildman–Crippen LogP) is 3.98. The lowest BCUT2D eigenvalue weighted by Crippen LogP contribution is -2.27. The van der Waals surface area contributed by atoms with Crippen LogP contribution in [0.2, 0.25) is 0 Å². The standard InChI is InChI=1S/C21H20N2O/c1-23-10-8-16(9-11-23)21-18-5-3-2-4-17(18)14-24-20-7-6-15(13-22)12-19(20)21/h2-7,12H,8-11,14H2,1H3. The molecule has 0 radical (unpaired) electrons. The van der Waals surface area contributed by atoms with E-state index in [-0.39, 0.29) is 0 Å². The van der Waals surface area contributed by atoms with Gasteiger partial charge < -0.3 is 9.64 Å². The number of hydrogen-bond donors (Lipinski definition) is 0. The average Bonchev–Trinajstić information content (AvgIpc) is 2.79. The molecule has 2 aromatic carbocycles. The molecule has 120 valence electrons. The molecule has 0 saturated carbocycles. The molecule has 0 atom stereocenters. The molecule has 2 aromatic rings. The van der Waals surface area contributed by atoms with Gasteiger partial charge in [-0.2, -0.15) is 5.26 Å². The number of likely N-dealkylation sites (tertiary alicyclic amines) is 1. The minimum Gasteiger partial charge on any atom is -0.488 e. The second-order valence-corrected chi connectivity index (χ2v) is 6.55. The Kier molecular flexibility index (Phi) is 3.84. The maximum Gasteiger partial charge on any atom is 0.127 e. The van der Waals surface area contributed by atoms with Crippen molar-refractivity contribution in [2.24, 2.45) is 0 Å². The van der Waals surface area contributed by atoms with Gasteiger partial charge in [-0.15, -0.1) is 0 Å². The van der Waals surface area contributed by atoms with Gasteiger partial charge in [0, 0.05) is 18.7 Å². The van der Waals surface area contributed by atoms with Crippen LogP contribution in [-0.2, 0) is 6.61 Å². The summed E-state index contributed by atoms with van der Waals surface area (Å²) in [7, 11) is 2.17. The van der Waals surface area contributed by atoms with Gasteiger partial charge in [0.15, 0.2) is 0 Å². The van der Waals surface area contributed by atoms with Gasteiger partial charge in [-0.1, -0.05) is 29.8 Å². The summed E-state index contributed by atoms with van der Waals surface area (Å²) in [5.41, 5.74) is 6.98. The quantitative estimate of drug-likeness (QED) is 0.737.